The Kier molecular flexibility index (Phi) is 7.54. The minimum atomic E-state index is -0.394. The van der Waals surface area contributed by atoms with Crippen LogP contribution in [-0.2, 0) is 16.2 Å². The molecule has 1 spiro atoms. The Labute approximate surface area is 357 Å². The third-order valence-electron chi connectivity index (χ3n) is 14.0. The van der Waals surface area contributed by atoms with E-state index in [2.05, 4.69) is 179 Å². The molecule has 0 amide bonds. The van der Waals surface area contributed by atoms with Crippen molar-refractivity contribution >= 4 is 0 Å². The van der Waals surface area contributed by atoms with Gasteiger partial charge in [0.25, 0.3) is 0 Å². The molecule has 8 aromatic carbocycles. The number of rotatable bonds is 4. The monoisotopic (exact) mass is 781 g/mol. The third kappa shape index (κ3) is 5.01. The second-order valence-electron chi connectivity index (χ2n) is 18.0. The number of aromatic nitrogens is 3. The van der Waals surface area contributed by atoms with Crippen LogP contribution in [-0.4, -0.2) is 15.0 Å². The SMILES string of the molecule is CC1(C)c2cc(-c3ccc4c(c3)-c3ccccc3C43c4ccccc4C(C)(C)c4ccccc43)ccc2-c2ccc(-c3nc(-c4ccccc4)nc(-c4ccccc4)n3)cc21. The fraction of sp³-hybridized carbons (Fsp3) is 0.121. The van der Waals surface area contributed by atoms with Gasteiger partial charge in [0.15, 0.2) is 17.5 Å². The number of hydrogen-bond donors (Lipinski definition) is 0. The van der Waals surface area contributed by atoms with Crippen molar-refractivity contribution in [2.24, 2.45) is 0 Å². The maximum atomic E-state index is 5.06. The highest BCUT2D eigenvalue weighted by Gasteiger charge is 2.53. The molecule has 3 nitrogen and oxygen atoms in total. The van der Waals surface area contributed by atoms with Gasteiger partial charge in [0, 0.05) is 27.5 Å². The molecule has 12 rings (SSSR count). The summed E-state index contributed by atoms with van der Waals surface area (Å²) in [6, 6.07) is 68.9. The number of fused-ring (bicyclic) bond motifs is 12. The van der Waals surface area contributed by atoms with Crippen LogP contribution < -0.4 is 0 Å². The van der Waals surface area contributed by atoms with Crippen molar-refractivity contribution in [1.82, 2.24) is 15.0 Å². The number of hydrogen-bond acceptors (Lipinski definition) is 3. The molecule has 3 aliphatic carbocycles. The molecule has 0 fully saturated rings. The molecule has 0 bridgehead atoms. The predicted molar refractivity (Wildman–Crippen MR) is 249 cm³/mol. The molecular weight excluding hydrogens is 739 g/mol. The normalized spacial score (nSPS) is 15.3. The van der Waals surface area contributed by atoms with Crippen LogP contribution in [0.3, 0.4) is 0 Å². The van der Waals surface area contributed by atoms with Crippen LogP contribution in [0.25, 0.3) is 67.5 Å². The smallest absolute Gasteiger partial charge is 0.164 e. The highest BCUT2D eigenvalue weighted by Crippen LogP contribution is 2.62. The van der Waals surface area contributed by atoms with E-state index in [9.17, 15) is 0 Å². The third-order valence-corrected chi connectivity index (χ3v) is 14.0. The van der Waals surface area contributed by atoms with Gasteiger partial charge in [-0.05, 0) is 96.1 Å². The summed E-state index contributed by atoms with van der Waals surface area (Å²) in [6.07, 6.45) is 0. The minimum absolute atomic E-state index is 0.118. The van der Waals surface area contributed by atoms with Gasteiger partial charge in [-0.3, -0.25) is 0 Å². The minimum Gasteiger partial charge on any atom is -0.208 e. The molecule has 0 N–H and O–H groups in total. The molecule has 9 aromatic rings. The van der Waals surface area contributed by atoms with Gasteiger partial charge in [-0.15, -0.1) is 0 Å². The average Bonchev–Trinajstić information content (AvgIpc) is 3.73. The summed E-state index contributed by atoms with van der Waals surface area (Å²) >= 11 is 0. The Bertz CT molecular complexity index is 3140. The van der Waals surface area contributed by atoms with Crippen molar-refractivity contribution < 1.29 is 0 Å². The molecule has 1 aromatic heterocycles. The Morgan fingerprint density at radius 2 is 0.639 bits per heavy atom. The van der Waals surface area contributed by atoms with E-state index in [4.69, 9.17) is 15.0 Å². The quantitative estimate of drug-likeness (QED) is 0.178. The van der Waals surface area contributed by atoms with E-state index in [0.717, 1.165) is 16.7 Å². The van der Waals surface area contributed by atoms with Crippen LogP contribution >= 0.6 is 0 Å². The van der Waals surface area contributed by atoms with Crippen molar-refractivity contribution in [3.63, 3.8) is 0 Å². The van der Waals surface area contributed by atoms with E-state index >= 15 is 0 Å². The molecule has 3 aliphatic rings. The number of benzene rings is 8. The Balaban J connectivity index is 0.966. The maximum absolute atomic E-state index is 5.06. The lowest BCUT2D eigenvalue weighted by molar-refractivity contribution is 0.563. The zero-order chi connectivity index (χ0) is 41.1. The molecule has 0 saturated carbocycles. The Hall–Kier alpha value is -7.23. The summed E-state index contributed by atoms with van der Waals surface area (Å²) in [5.74, 6) is 2.01. The highest BCUT2D eigenvalue weighted by molar-refractivity contribution is 5.92. The van der Waals surface area contributed by atoms with Gasteiger partial charge in [0.1, 0.15) is 0 Å². The second kappa shape index (κ2) is 12.9. The Morgan fingerprint density at radius 3 is 1.21 bits per heavy atom. The molecule has 1 heterocycles. The first-order chi connectivity index (χ1) is 29.7. The van der Waals surface area contributed by atoms with Crippen molar-refractivity contribution in [3.8, 4) is 67.5 Å². The zero-order valence-corrected chi connectivity index (χ0v) is 34.7. The van der Waals surface area contributed by atoms with Crippen molar-refractivity contribution in [1.29, 1.82) is 0 Å². The van der Waals surface area contributed by atoms with Crippen LogP contribution in [0.2, 0.25) is 0 Å². The van der Waals surface area contributed by atoms with Crippen LogP contribution in [0.15, 0.2) is 188 Å². The predicted octanol–water partition coefficient (Wildman–Crippen LogP) is 13.8. The molecule has 61 heavy (non-hydrogen) atoms. The van der Waals surface area contributed by atoms with E-state index in [1.54, 1.807) is 0 Å². The average molecular weight is 782 g/mol. The molecule has 0 unspecified atom stereocenters. The molecular formula is C58H43N3. The fourth-order valence-corrected chi connectivity index (χ4v) is 11.0. The molecule has 0 atom stereocenters. The summed E-state index contributed by atoms with van der Waals surface area (Å²) in [7, 11) is 0. The van der Waals surface area contributed by atoms with Crippen molar-refractivity contribution in [2.45, 2.75) is 43.9 Å². The van der Waals surface area contributed by atoms with Gasteiger partial charge in [-0.1, -0.05) is 198 Å². The fourth-order valence-electron chi connectivity index (χ4n) is 11.0. The summed E-state index contributed by atoms with van der Waals surface area (Å²) in [4.78, 5) is 15.1. The van der Waals surface area contributed by atoms with Gasteiger partial charge in [0.2, 0.25) is 0 Å². The van der Waals surface area contributed by atoms with Crippen molar-refractivity contribution in [2.75, 3.05) is 0 Å². The van der Waals surface area contributed by atoms with Crippen LogP contribution in [0.5, 0.6) is 0 Å². The highest BCUT2D eigenvalue weighted by atomic mass is 15.0. The molecule has 0 aliphatic heterocycles. The lowest BCUT2D eigenvalue weighted by atomic mass is 9.55. The Morgan fingerprint density at radius 1 is 0.262 bits per heavy atom. The van der Waals surface area contributed by atoms with E-state index in [1.165, 1.54) is 77.9 Å². The van der Waals surface area contributed by atoms with E-state index < -0.39 is 5.41 Å². The number of nitrogens with zero attached hydrogens (tertiary/aromatic N) is 3. The van der Waals surface area contributed by atoms with Crippen LogP contribution in [0, 0.1) is 0 Å². The van der Waals surface area contributed by atoms with Crippen molar-refractivity contribution in [3.05, 3.63) is 233 Å². The largest absolute Gasteiger partial charge is 0.208 e. The summed E-state index contributed by atoms with van der Waals surface area (Å²) in [5.41, 5.74) is 20.7. The van der Waals surface area contributed by atoms with E-state index in [-0.39, 0.29) is 10.8 Å². The topological polar surface area (TPSA) is 38.7 Å². The lowest BCUT2D eigenvalue weighted by Crippen LogP contribution is -2.40. The van der Waals surface area contributed by atoms with E-state index in [1.807, 2.05) is 36.4 Å². The van der Waals surface area contributed by atoms with Gasteiger partial charge >= 0.3 is 0 Å². The first kappa shape index (κ1) is 35.7. The van der Waals surface area contributed by atoms with Gasteiger partial charge < -0.3 is 0 Å². The molecule has 0 saturated heterocycles. The van der Waals surface area contributed by atoms with Gasteiger partial charge in [-0.2, -0.15) is 0 Å². The van der Waals surface area contributed by atoms with Gasteiger partial charge in [0.05, 0.1) is 5.41 Å². The summed E-state index contributed by atoms with van der Waals surface area (Å²) < 4.78 is 0. The first-order valence-corrected chi connectivity index (χ1v) is 21.4. The van der Waals surface area contributed by atoms with Gasteiger partial charge in [-0.25, -0.2) is 15.0 Å². The maximum Gasteiger partial charge on any atom is 0.164 e. The first-order valence-electron chi connectivity index (χ1n) is 21.4. The molecule has 290 valence electrons. The summed E-state index contributed by atoms with van der Waals surface area (Å²) in [5, 5.41) is 0. The van der Waals surface area contributed by atoms with Crippen LogP contribution in [0.1, 0.15) is 72.2 Å². The second-order valence-corrected chi connectivity index (χ2v) is 18.0. The standard InChI is InChI=1S/C58H43N3/c1-56(2)47-23-13-15-25-49(47)58(50-26-16-14-24-48(50)56)45-22-12-11-21-41(45)44-33-38(29-32-46(44)58)39-27-30-42-43-31-28-40(35-52(43)57(3,4)51(42)34-39)55-60-53(36-17-7-5-8-18-36)59-54(61-55)37-19-9-6-10-20-37/h5-35H,1-4H3. The van der Waals surface area contributed by atoms with Crippen LogP contribution in [0.4, 0.5) is 0 Å². The lowest BCUT2D eigenvalue weighted by Gasteiger charge is -2.46. The zero-order valence-electron chi connectivity index (χ0n) is 34.7. The van der Waals surface area contributed by atoms with E-state index in [0.29, 0.717) is 17.5 Å². The summed E-state index contributed by atoms with van der Waals surface area (Å²) in [6.45, 7) is 9.47. The molecule has 3 heteroatoms. The molecule has 0 radical (unpaired) electrons.